The number of anilines is 3. The number of hydrogen-bond acceptors (Lipinski definition) is 7. The van der Waals surface area contributed by atoms with Gasteiger partial charge in [-0.15, -0.1) is 0 Å². The number of aromatic nitrogens is 3. The molecule has 20 heavy (non-hydrogen) atoms. The van der Waals surface area contributed by atoms with E-state index in [1.54, 1.807) is 26.2 Å². The number of rotatable bonds is 4. The molecule has 0 unspecified atom stereocenters. The molecule has 104 valence electrons. The average molecular weight is 295 g/mol. The molecule has 0 bridgehead atoms. The van der Waals surface area contributed by atoms with Crippen LogP contribution in [0, 0.1) is 10.1 Å². The maximum Gasteiger partial charge on any atom is 0.353 e. The number of nitrogens with one attached hydrogen (secondary N) is 1. The third-order valence-electron chi connectivity index (χ3n) is 2.42. The van der Waals surface area contributed by atoms with Crippen molar-refractivity contribution in [3.05, 3.63) is 39.9 Å². The average Bonchev–Trinajstić information content (AvgIpc) is 2.40. The van der Waals surface area contributed by atoms with E-state index in [1.807, 2.05) is 0 Å². The zero-order valence-electron chi connectivity index (χ0n) is 10.7. The molecule has 0 saturated heterocycles. The summed E-state index contributed by atoms with van der Waals surface area (Å²) in [6, 6.07) is 3.31. The van der Waals surface area contributed by atoms with Crippen molar-refractivity contribution in [2.24, 2.45) is 0 Å². The second-order valence-corrected chi connectivity index (χ2v) is 4.37. The second-order valence-electron chi connectivity index (χ2n) is 4.01. The van der Waals surface area contributed by atoms with E-state index in [2.05, 4.69) is 20.3 Å². The van der Waals surface area contributed by atoms with E-state index in [9.17, 15) is 10.1 Å². The Hall–Kier alpha value is -2.48. The molecule has 0 saturated carbocycles. The highest BCUT2D eigenvalue weighted by atomic mass is 35.5. The van der Waals surface area contributed by atoms with Crippen LogP contribution in [0.25, 0.3) is 0 Å². The van der Waals surface area contributed by atoms with Crippen molar-refractivity contribution in [1.29, 1.82) is 0 Å². The van der Waals surface area contributed by atoms with Gasteiger partial charge in [0.15, 0.2) is 5.15 Å². The van der Waals surface area contributed by atoms with Gasteiger partial charge in [-0.1, -0.05) is 11.6 Å². The fourth-order valence-electron chi connectivity index (χ4n) is 1.56. The highest BCUT2D eigenvalue weighted by Crippen LogP contribution is 2.33. The minimum Gasteiger partial charge on any atom is -0.357 e. The molecule has 8 nitrogen and oxygen atoms in total. The summed E-state index contributed by atoms with van der Waals surface area (Å²) < 4.78 is 0. The standard InChI is InChI=1S/C11H11ClN6O2/c1-17(2)11-8(18(19)20)10(14-6-15-11)16-7-4-3-5-13-9(7)12/h3-6H,1-2H3,(H,14,15,16). The number of nitro groups is 1. The first-order chi connectivity index (χ1) is 9.50. The van der Waals surface area contributed by atoms with Crippen LogP contribution in [0.3, 0.4) is 0 Å². The van der Waals surface area contributed by atoms with Crippen LogP contribution in [0.15, 0.2) is 24.7 Å². The summed E-state index contributed by atoms with van der Waals surface area (Å²) in [6.07, 6.45) is 2.77. The van der Waals surface area contributed by atoms with E-state index in [0.29, 0.717) is 5.69 Å². The molecule has 0 aliphatic rings. The number of pyridine rings is 1. The quantitative estimate of drug-likeness (QED) is 0.524. The predicted molar refractivity (Wildman–Crippen MR) is 75.5 cm³/mol. The Morgan fingerprint density at radius 1 is 1.35 bits per heavy atom. The molecule has 2 aromatic rings. The van der Waals surface area contributed by atoms with Crippen LogP contribution in [-0.4, -0.2) is 34.0 Å². The van der Waals surface area contributed by atoms with Crippen molar-refractivity contribution < 1.29 is 4.92 Å². The number of halogens is 1. The molecule has 0 aliphatic carbocycles. The van der Waals surface area contributed by atoms with Gasteiger partial charge in [-0.3, -0.25) is 10.1 Å². The molecular weight excluding hydrogens is 284 g/mol. The fourth-order valence-corrected chi connectivity index (χ4v) is 1.73. The molecule has 2 rings (SSSR count). The van der Waals surface area contributed by atoms with Gasteiger partial charge in [-0.25, -0.2) is 15.0 Å². The highest BCUT2D eigenvalue weighted by molar-refractivity contribution is 6.32. The molecule has 2 heterocycles. The molecule has 2 aromatic heterocycles. The highest BCUT2D eigenvalue weighted by Gasteiger charge is 2.24. The molecular formula is C11H11ClN6O2. The molecule has 0 radical (unpaired) electrons. The van der Waals surface area contributed by atoms with Gasteiger partial charge < -0.3 is 10.2 Å². The van der Waals surface area contributed by atoms with Gasteiger partial charge in [0.25, 0.3) is 0 Å². The smallest absolute Gasteiger partial charge is 0.353 e. The lowest BCUT2D eigenvalue weighted by Gasteiger charge is -2.13. The maximum atomic E-state index is 11.2. The molecule has 0 atom stereocenters. The summed E-state index contributed by atoms with van der Waals surface area (Å²) in [5, 5.41) is 14.2. The van der Waals surface area contributed by atoms with E-state index in [0.717, 1.165) is 0 Å². The zero-order valence-corrected chi connectivity index (χ0v) is 11.5. The van der Waals surface area contributed by atoms with Crippen LogP contribution in [0.1, 0.15) is 0 Å². The normalized spacial score (nSPS) is 10.2. The summed E-state index contributed by atoms with van der Waals surface area (Å²) in [7, 11) is 3.33. The maximum absolute atomic E-state index is 11.2. The predicted octanol–water partition coefficient (Wildman–Crippen LogP) is 2.24. The van der Waals surface area contributed by atoms with Gasteiger partial charge in [-0.05, 0) is 12.1 Å². The lowest BCUT2D eigenvalue weighted by molar-refractivity contribution is -0.383. The Morgan fingerprint density at radius 3 is 2.70 bits per heavy atom. The van der Waals surface area contributed by atoms with Crippen LogP contribution in [0.5, 0.6) is 0 Å². The van der Waals surface area contributed by atoms with Crippen LogP contribution < -0.4 is 10.2 Å². The van der Waals surface area contributed by atoms with Crippen LogP contribution in [0.4, 0.5) is 23.0 Å². The molecule has 0 aliphatic heterocycles. The Morgan fingerprint density at radius 2 is 2.10 bits per heavy atom. The zero-order chi connectivity index (χ0) is 14.7. The Balaban J connectivity index is 2.49. The largest absolute Gasteiger partial charge is 0.357 e. The first-order valence-corrected chi connectivity index (χ1v) is 5.92. The lowest BCUT2D eigenvalue weighted by Crippen LogP contribution is -2.14. The SMILES string of the molecule is CN(C)c1ncnc(Nc2cccnc2Cl)c1[N+](=O)[O-]. The molecule has 0 aromatic carbocycles. The van der Waals surface area contributed by atoms with Crippen molar-refractivity contribution in [3.8, 4) is 0 Å². The molecule has 0 amide bonds. The van der Waals surface area contributed by atoms with Gasteiger partial charge in [0.05, 0.1) is 10.6 Å². The molecule has 9 heteroatoms. The molecule has 1 N–H and O–H groups in total. The van der Waals surface area contributed by atoms with E-state index >= 15 is 0 Å². The second kappa shape index (κ2) is 5.66. The van der Waals surface area contributed by atoms with Gasteiger partial charge in [-0.2, -0.15) is 0 Å². The summed E-state index contributed by atoms with van der Waals surface area (Å²) in [5.74, 6) is 0.260. The number of nitrogens with zero attached hydrogens (tertiary/aromatic N) is 5. The van der Waals surface area contributed by atoms with Gasteiger partial charge in [0.1, 0.15) is 6.33 Å². The lowest BCUT2D eigenvalue weighted by atomic mass is 10.3. The summed E-state index contributed by atoms with van der Waals surface area (Å²) in [4.78, 5) is 23.9. The fraction of sp³-hybridized carbons (Fsp3) is 0.182. The van der Waals surface area contributed by atoms with Crippen molar-refractivity contribution in [3.63, 3.8) is 0 Å². The van der Waals surface area contributed by atoms with Crippen LogP contribution in [0.2, 0.25) is 5.15 Å². The monoisotopic (exact) mass is 294 g/mol. The van der Waals surface area contributed by atoms with E-state index < -0.39 is 4.92 Å². The first kappa shape index (κ1) is 13.9. The Kier molecular flexibility index (Phi) is 3.94. The topological polar surface area (TPSA) is 97.1 Å². The summed E-state index contributed by atoms with van der Waals surface area (Å²) in [5.41, 5.74) is 0.207. The van der Waals surface area contributed by atoms with Crippen molar-refractivity contribution in [2.75, 3.05) is 24.3 Å². The summed E-state index contributed by atoms with van der Waals surface area (Å²) in [6.45, 7) is 0. The minimum atomic E-state index is -0.540. The summed E-state index contributed by atoms with van der Waals surface area (Å²) >= 11 is 5.91. The van der Waals surface area contributed by atoms with Gasteiger partial charge in [0.2, 0.25) is 11.6 Å². The van der Waals surface area contributed by atoms with Crippen molar-refractivity contribution in [2.45, 2.75) is 0 Å². The Bertz CT molecular complexity index is 649. The molecule has 0 spiro atoms. The van der Waals surface area contributed by atoms with Crippen LogP contribution >= 0.6 is 11.6 Å². The van der Waals surface area contributed by atoms with E-state index in [-0.39, 0.29) is 22.5 Å². The van der Waals surface area contributed by atoms with E-state index in [1.165, 1.54) is 17.4 Å². The van der Waals surface area contributed by atoms with Crippen molar-refractivity contribution in [1.82, 2.24) is 15.0 Å². The van der Waals surface area contributed by atoms with Crippen molar-refractivity contribution >= 4 is 34.6 Å². The van der Waals surface area contributed by atoms with Gasteiger partial charge in [0, 0.05) is 20.3 Å². The third-order valence-corrected chi connectivity index (χ3v) is 2.72. The van der Waals surface area contributed by atoms with Gasteiger partial charge >= 0.3 is 5.69 Å². The van der Waals surface area contributed by atoms with Crippen LogP contribution in [-0.2, 0) is 0 Å². The first-order valence-electron chi connectivity index (χ1n) is 5.55. The molecule has 0 fully saturated rings. The number of hydrogen-bond donors (Lipinski definition) is 1. The third kappa shape index (κ3) is 2.75. The minimum absolute atomic E-state index is 0.0589. The Labute approximate surface area is 119 Å². The van der Waals surface area contributed by atoms with E-state index in [4.69, 9.17) is 11.6 Å².